The van der Waals surface area contributed by atoms with Crippen LogP contribution >= 0.6 is 0 Å². The van der Waals surface area contributed by atoms with E-state index in [2.05, 4.69) is 11.6 Å². The van der Waals surface area contributed by atoms with E-state index in [1.165, 1.54) is 6.08 Å². The van der Waals surface area contributed by atoms with Crippen molar-refractivity contribution < 1.29 is 4.79 Å². The SMILES string of the molecule is C=CC(C(N)=O)(c1ccccc1)n1ccnc1. The van der Waals surface area contributed by atoms with Crippen molar-refractivity contribution in [2.24, 2.45) is 5.73 Å². The molecule has 4 heteroatoms. The molecule has 4 nitrogen and oxygen atoms in total. The molecule has 0 bridgehead atoms. The normalized spacial score (nSPS) is 13.9. The molecule has 2 N–H and O–H groups in total. The summed E-state index contributed by atoms with van der Waals surface area (Å²) in [6.07, 6.45) is 6.38. The van der Waals surface area contributed by atoms with Crippen molar-refractivity contribution in [1.29, 1.82) is 0 Å². The van der Waals surface area contributed by atoms with Gasteiger partial charge in [-0.2, -0.15) is 0 Å². The third-order valence-corrected chi connectivity index (χ3v) is 2.80. The predicted octanol–water partition coefficient (Wildman–Crippen LogP) is 1.30. The van der Waals surface area contributed by atoms with Crippen LogP contribution in [-0.4, -0.2) is 15.5 Å². The highest BCUT2D eigenvalue weighted by atomic mass is 16.1. The highest BCUT2D eigenvalue weighted by molar-refractivity contribution is 5.88. The number of nitrogens with two attached hydrogens (primary N) is 1. The number of imidazole rings is 1. The summed E-state index contributed by atoms with van der Waals surface area (Å²) in [4.78, 5) is 15.8. The van der Waals surface area contributed by atoms with Gasteiger partial charge in [-0.05, 0) is 5.56 Å². The van der Waals surface area contributed by atoms with Gasteiger partial charge in [-0.3, -0.25) is 4.79 Å². The molecular weight excluding hydrogens is 214 g/mol. The Kier molecular flexibility index (Phi) is 2.78. The van der Waals surface area contributed by atoms with Crippen molar-refractivity contribution in [3.63, 3.8) is 0 Å². The summed E-state index contributed by atoms with van der Waals surface area (Å²) in [6.45, 7) is 3.74. The minimum absolute atomic E-state index is 0.489. The third kappa shape index (κ3) is 1.63. The lowest BCUT2D eigenvalue weighted by atomic mass is 9.89. The molecule has 2 aromatic rings. The van der Waals surface area contributed by atoms with Gasteiger partial charge in [-0.25, -0.2) is 4.98 Å². The quantitative estimate of drug-likeness (QED) is 0.800. The van der Waals surface area contributed by atoms with Gasteiger partial charge in [0.15, 0.2) is 5.54 Å². The number of aromatic nitrogens is 2. The summed E-state index contributed by atoms with van der Waals surface area (Å²) in [6, 6.07) is 9.27. The average Bonchev–Trinajstić information content (AvgIpc) is 2.86. The lowest BCUT2D eigenvalue weighted by Crippen LogP contribution is -2.45. The Morgan fingerprint density at radius 3 is 2.59 bits per heavy atom. The Hall–Kier alpha value is -2.36. The van der Waals surface area contributed by atoms with Crippen molar-refractivity contribution in [2.45, 2.75) is 5.54 Å². The van der Waals surface area contributed by atoms with Crippen LogP contribution in [0.1, 0.15) is 5.56 Å². The van der Waals surface area contributed by atoms with E-state index in [-0.39, 0.29) is 0 Å². The number of nitrogens with zero attached hydrogens (tertiary/aromatic N) is 2. The van der Waals surface area contributed by atoms with E-state index in [1.54, 1.807) is 23.3 Å². The maximum atomic E-state index is 11.9. The van der Waals surface area contributed by atoms with Crippen LogP contribution in [0.4, 0.5) is 0 Å². The molecule has 0 spiro atoms. The second-order valence-corrected chi connectivity index (χ2v) is 3.67. The van der Waals surface area contributed by atoms with Gasteiger partial charge >= 0.3 is 0 Å². The smallest absolute Gasteiger partial charge is 0.252 e. The van der Waals surface area contributed by atoms with Crippen LogP contribution < -0.4 is 5.73 Å². The first-order chi connectivity index (χ1) is 8.21. The Bertz CT molecular complexity index is 519. The fourth-order valence-corrected chi connectivity index (χ4v) is 1.90. The standard InChI is InChI=1S/C13H13N3O/c1-2-13(12(14)17,16-9-8-15-10-16)11-6-4-3-5-7-11/h2-10H,1H2,(H2,14,17). The number of hydrogen-bond acceptors (Lipinski definition) is 2. The van der Waals surface area contributed by atoms with E-state index >= 15 is 0 Å². The lowest BCUT2D eigenvalue weighted by molar-refractivity contribution is -0.122. The van der Waals surface area contributed by atoms with E-state index in [0.29, 0.717) is 0 Å². The number of amides is 1. The van der Waals surface area contributed by atoms with E-state index in [1.807, 2.05) is 30.3 Å². The zero-order valence-electron chi connectivity index (χ0n) is 9.28. The molecule has 0 saturated carbocycles. The molecule has 1 atom stereocenters. The summed E-state index contributed by atoms with van der Waals surface area (Å²) >= 11 is 0. The van der Waals surface area contributed by atoms with Gasteiger partial charge in [0, 0.05) is 12.4 Å². The summed E-state index contributed by atoms with van der Waals surface area (Å²) in [5.74, 6) is -0.489. The maximum Gasteiger partial charge on any atom is 0.252 e. The number of carbonyl (C=O) groups is 1. The van der Waals surface area contributed by atoms with Crippen molar-refractivity contribution in [2.75, 3.05) is 0 Å². The summed E-state index contributed by atoms with van der Waals surface area (Å²) in [7, 11) is 0. The molecule has 1 aromatic heterocycles. The van der Waals surface area contributed by atoms with Gasteiger partial charge < -0.3 is 10.3 Å². The number of carbonyl (C=O) groups excluding carboxylic acids is 1. The van der Waals surface area contributed by atoms with Crippen LogP contribution in [0, 0.1) is 0 Å². The van der Waals surface area contributed by atoms with Gasteiger partial charge in [0.1, 0.15) is 0 Å². The van der Waals surface area contributed by atoms with Crippen LogP contribution in [0.3, 0.4) is 0 Å². The largest absolute Gasteiger partial charge is 0.367 e. The third-order valence-electron chi connectivity index (χ3n) is 2.80. The maximum absolute atomic E-state index is 11.9. The molecule has 1 aromatic carbocycles. The second kappa shape index (κ2) is 4.25. The van der Waals surface area contributed by atoms with Crippen LogP contribution in [-0.2, 0) is 10.3 Å². The molecule has 0 aliphatic carbocycles. The van der Waals surface area contributed by atoms with Gasteiger partial charge in [0.2, 0.25) is 0 Å². The van der Waals surface area contributed by atoms with Gasteiger partial charge in [0.05, 0.1) is 6.33 Å². The van der Waals surface area contributed by atoms with Crippen molar-refractivity contribution in [3.8, 4) is 0 Å². The van der Waals surface area contributed by atoms with Crippen molar-refractivity contribution in [1.82, 2.24) is 9.55 Å². The fourth-order valence-electron chi connectivity index (χ4n) is 1.90. The van der Waals surface area contributed by atoms with Crippen LogP contribution in [0.5, 0.6) is 0 Å². The van der Waals surface area contributed by atoms with Gasteiger partial charge in [-0.1, -0.05) is 43.0 Å². The average molecular weight is 227 g/mol. The van der Waals surface area contributed by atoms with Crippen molar-refractivity contribution >= 4 is 5.91 Å². The molecule has 2 rings (SSSR count). The number of primary amides is 1. The van der Waals surface area contributed by atoms with Crippen molar-refractivity contribution in [3.05, 3.63) is 67.3 Å². The first-order valence-electron chi connectivity index (χ1n) is 5.19. The molecule has 1 unspecified atom stereocenters. The molecule has 1 heterocycles. The highest BCUT2D eigenvalue weighted by Gasteiger charge is 2.36. The molecule has 17 heavy (non-hydrogen) atoms. The molecule has 1 amide bonds. The van der Waals surface area contributed by atoms with Crippen LogP contribution in [0.25, 0.3) is 0 Å². The molecular formula is C13H13N3O. The monoisotopic (exact) mass is 227 g/mol. The van der Waals surface area contributed by atoms with E-state index < -0.39 is 11.4 Å². The van der Waals surface area contributed by atoms with E-state index in [0.717, 1.165) is 5.56 Å². The lowest BCUT2D eigenvalue weighted by Gasteiger charge is -2.29. The highest BCUT2D eigenvalue weighted by Crippen LogP contribution is 2.27. The zero-order valence-corrected chi connectivity index (χ0v) is 9.28. The molecule has 0 fully saturated rings. The minimum atomic E-state index is -1.09. The van der Waals surface area contributed by atoms with Crippen LogP contribution in [0.15, 0.2) is 61.7 Å². The summed E-state index contributed by atoms with van der Waals surface area (Å²) in [5.41, 5.74) is 5.23. The molecule has 0 aliphatic rings. The van der Waals surface area contributed by atoms with E-state index in [9.17, 15) is 4.79 Å². The Labute approximate surface area is 99.4 Å². The molecule has 0 radical (unpaired) electrons. The first-order valence-corrected chi connectivity index (χ1v) is 5.19. The topological polar surface area (TPSA) is 60.9 Å². The van der Waals surface area contributed by atoms with E-state index in [4.69, 9.17) is 5.73 Å². The number of rotatable bonds is 4. The second-order valence-electron chi connectivity index (χ2n) is 3.67. The molecule has 86 valence electrons. The molecule has 0 aliphatic heterocycles. The fraction of sp³-hybridized carbons (Fsp3) is 0.0769. The van der Waals surface area contributed by atoms with Gasteiger partial charge in [-0.15, -0.1) is 0 Å². The summed E-state index contributed by atoms with van der Waals surface area (Å²) < 4.78 is 1.65. The zero-order chi connectivity index (χ0) is 12.3. The number of benzene rings is 1. The van der Waals surface area contributed by atoms with Gasteiger partial charge in [0.25, 0.3) is 5.91 Å². The minimum Gasteiger partial charge on any atom is -0.367 e. The Balaban J connectivity index is 2.67. The van der Waals surface area contributed by atoms with Crippen LogP contribution in [0.2, 0.25) is 0 Å². The summed E-state index contributed by atoms with van der Waals surface area (Å²) in [5, 5.41) is 0. The molecule has 0 saturated heterocycles. The Morgan fingerprint density at radius 1 is 1.41 bits per heavy atom. The number of hydrogen-bond donors (Lipinski definition) is 1. The predicted molar refractivity (Wildman–Crippen MR) is 65.1 cm³/mol. The first kappa shape index (κ1) is 11.1. The Morgan fingerprint density at radius 2 is 2.12 bits per heavy atom.